The zero-order valence-electron chi connectivity index (χ0n) is 27.8. The number of hydrogen-bond donors (Lipinski definition) is 0. The minimum atomic E-state index is -2.39. The number of furan rings is 1. The van der Waals surface area contributed by atoms with Crippen LogP contribution in [0.15, 0.2) is 126 Å². The Labute approximate surface area is 262 Å². The van der Waals surface area contributed by atoms with E-state index in [0.717, 1.165) is 27.8 Å². The lowest BCUT2D eigenvalue weighted by Gasteiger charge is -2.19. The predicted molar refractivity (Wildman–Crippen MR) is 181 cm³/mol. The molecule has 0 aliphatic heterocycles. The highest BCUT2D eigenvalue weighted by Gasteiger charge is 2.21. The third-order valence-corrected chi connectivity index (χ3v) is 8.31. The Hall–Kier alpha value is -5.46. The summed E-state index contributed by atoms with van der Waals surface area (Å²) in [5.41, 5.74) is 9.81. The Kier molecular flexibility index (Phi) is 5.83. The van der Waals surface area contributed by atoms with Crippen molar-refractivity contribution in [1.29, 1.82) is 5.26 Å². The normalized spacial score (nSPS) is 12.9. The fourth-order valence-corrected chi connectivity index (χ4v) is 5.91. The van der Waals surface area contributed by atoms with Crippen LogP contribution in [0.2, 0.25) is 0 Å². The molecule has 0 saturated heterocycles. The zero-order valence-corrected chi connectivity index (χ0v) is 24.8. The molecule has 3 heteroatoms. The standard InChI is InChI=1S/C41H32N2O/c1-26-10-20-34(36-24-31(22-23-43-36)29-15-18-33(19-16-29)41(2,3)4)39-37(26)35-21-17-32(25-42)38(40(35)44-39)30-13-11-28(12-14-30)27-8-6-5-7-9-27/h5-24H,1-4H3/i1D3. The lowest BCUT2D eigenvalue weighted by Crippen LogP contribution is -2.10. The van der Waals surface area contributed by atoms with E-state index in [4.69, 9.17) is 13.5 Å². The quantitative estimate of drug-likeness (QED) is 0.211. The van der Waals surface area contributed by atoms with E-state index < -0.39 is 6.85 Å². The van der Waals surface area contributed by atoms with Gasteiger partial charge in [0.1, 0.15) is 11.2 Å². The maximum absolute atomic E-state index is 10.2. The van der Waals surface area contributed by atoms with Gasteiger partial charge in [-0.15, -0.1) is 0 Å². The first kappa shape index (κ1) is 24.0. The number of hydrogen-bond acceptors (Lipinski definition) is 3. The van der Waals surface area contributed by atoms with Crippen LogP contribution in [0.25, 0.3) is 66.6 Å². The summed E-state index contributed by atoms with van der Waals surface area (Å²) in [7, 11) is 0. The molecule has 0 saturated carbocycles. The first-order valence-electron chi connectivity index (χ1n) is 16.2. The molecule has 3 nitrogen and oxygen atoms in total. The first-order chi connectivity index (χ1) is 22.5. The average Bonchev–Trinajstić information content (AvgIpc) is 3.47. The van der Waals surface area contributed by atoms with Crippen LogP contribution < -0.4 is 0 Å². The SMILES string of the molecule is [2H]C([2H])([2H])c1ccc(-c2cc(-c3ccc(C(C)(C)C)cc3)ccn2)c2oc3c(-c4ccc(-c5ccccc5)cc4)c(C#N)ccc3c12. The number of pyridine rings is 1. The summed E-state index contributed by atoms with van der Waals surface area (Å²) < 4.78 is 31.8. The van der Waals surface area contributed by atoms with Crippen molar-refractivity contribution in [2.24, 2.45) is 0 Å². The lowest BCUT2D eigenvalue weighted by atomic mass is 9.86. The van der Waals surface area contributed by atoms with Gasteiger partial charge < -0.3 is 4.42 Å². The zero-order chi connectivity index (χ0) is 32.9. The lowest BCUT2D eigenvalue weighted by molar-refractivity contribution is 0.590. The summed E-state index contributed by atoms with van der Waals surface area (Å²) in [6.07, 6.45) is 1.77. The number of nitrogens with zero attached hydrogens (tertiary/aromatic N) is 2. The molecule has 0 spiro atoms. The Morgan fingerprint density at radius 2 is 1.39 bits per heavy atom. The highest BCUT2D eigenvalue weighted by atomic mass is 16.3. The molecule has 5 aromatic carbocycles. The summed E-state index contributed by atoms with van der Waals surface area (Å²) in [4.78, 5) is 4.70. The highest BCUT2D eigenvalue weighted by molar-refractivity contribution is 6.15. The molecule has 0 fully saturated rings. The monoisotopic (exact) mass is 571 g/mol. The van der Waals surface area contributed by atoms with Crippen molar-refractivity contribution in [3.05, 3.63) is 138 Å². The topological polar surface area (TPSA) is 49.8 Å². The number of fused-ring (bicyclic) bond motifs is 3. The molecule has 2 heterocycles. The molecule has 0 aliphatic carbocycles. The number of nitriles is 1. The van der Waals surface area contributed by atoms with Crippen molar-refractivity contribution >= 4 is 21.9 Å². The third-order valence-electron chi connectivity index (χ3n) is 8.31. The summed E-state index contributed by atoms with van der Waals surface area (Å²) in [5, 5.41) is 11.3. The van der Waals surface area contributed by atoms with Gasteiger partial charge in [-0.2, -0.15) is 5.26 Å². The van der Waals surface area contributed by atoms with Crippen LogP contribution in [-0.4, -0.2) is 4.98 Å². The highest BCUT2D eigenvalue weighted by Crippen LogP contribution is 2.43. The summed E-state index contributed by atoms with van der Waals surface area (Å²) in [6.45, 7) is 4.19. The van der Waals surface area contributed by atoms with E-state index in [0.29, 0.717) is 44.3 Å². The maximum atomic E-state index is 10.2. The van der Waals surface area contributed by atoms with Crippen molar-refractivity contribution < 1.29 is 8.53 Å². The Morgan fingerprint density at radius 3 is 2.09 bits per heavy atom. The molecule has 0 aliphatic rings. The van der Waals surface area contributed by atoms with E-state index in [9.17, 15) is 5.26 Å². The van der Waals surface area contributed by atoms with Gasteiger partial charge in [-0.25, -0.2) is 0 Å². The molecule has 0 amide bonds. The molecule has 0 bridgehead atoms. The van der Waals surface area contributed by atoms with Gasteiger partial charge in [0.05, 0.1) is 17.3 Å². The fraction of sp³-hybridized carbons (Fsp3) is 0.122. The largest absolute Gasteiger partial charge is 0.455 e. The molecule has 2 aromatic heterocycles. The molecule has 0 N–H and O–H groups in total. The van der Waals surface area contributed by atoms with E-state index in [1.54, 1.807) is 30.5 Å². The van der Waals surface area contributed by atoms with Crippen molar-refractivity contribution in [2.45, 2.75) is 33.0 Å². The molecule has 7 rings (SSSR count). The van der Waals surface area contributed by atoms with Gasteiger partial charge in [-0.05, 0) is 81.5 Å². The summed E-state index contributed by atoms with van der Waals surface area (Å²) in [6, 6.07) is 39.9. The van der Waals surface area contributed by atoms with Crippen LogP contribution in [0, 0.1) is 18.2 Å². The first-order valence-corrected chi connectivity index (χ1v) is 14.7. The van der Waals surface area contributed by atoms with Gasteiger partial charge in [-0.1, -0.05) is 106 Å². The van der Waals surface area contributed by atoms with Crippen LogP contribution in [-0.2, 0) is 5.41 Å². The second-order valence-electron chi connectivity index (χ2n) is 12.1. The third kappa shape index (κ3) is 4.75. The van der Waals surface area contributed by atoms with Crippen LogP contribution >= 0.6 is 0 Å². The molecule has 0 unspecified atom stereocenters. The minimum Gasteiger partial charge on any atom is -0.455 e. The van der Waals surface area contributed by atoms with Gasteiger partial charge >= 0.3 is 0 Å². The van der Waals surface area contributed by atoms with E-state index in [1.165, 1.54) is 5.56 Å². The van der Waals surface area contributed by atoms with Crippen molar-refractivity contribution in [3.63, 3.8) is 0 Å². The van der Waals surface area contributed by atoms with E-state index in [-0.39, 0.29) is 11.0 Å². The number of aryl methyl sites for hydroxylation is 1. The summed E-state index contributed by atoms with van der Waals surface area (Å²) in [5.74, 6) is 0. The van der Waals surface area contributed by atoms with E-state index in [1.807, 2.05) is 54.6 Å². The van der Waals surface area contributed by atoms with Crippen LogP contribution in [0.5, 0.6) is 0 Å². The van der Waals surface area contributed by atoms with Crippen LogP contribution in [0.4, 0.5) is 0 Å². The van der Waals surface area contributed by atoms with Crippen LogP contribution in [0.1, 0.15) is 41.6 Å². The van der Waals surface area contributed by atoms with Crippen molar-refractivity contribution in [3.8, 4) is 50.7 Å². The van der Waals surface area contributed by atoms with Gasteiger partial charge in [0.15, 0.2) is 0 Å². The Bertz CT molecular complexity index is 2300. The van der Waals surface area contributed by atoms with Gasteiger partial charge in [-0.3, -0.25) is 4.98 Å². The van der Waals surface area contributed by atoms with Crippen molar-refractivity contribution in [2.75, 3.05) is 0 Å². The fourth-order valence-electron chi connectivity index (χ4n) is 5.91. The molecule has 0 atom stereocenters. The smallest absolute Gasteiger partial charge is 0.145 e. The minimum absolute atomic E-state index is 0.0492. The van der Waals surface area contributed by atoms with Gasteiger partial charge in [0.2, 0.25) is 0 Å². The second kappa shape index (κ2) is 10.7. The molecular formula is C41H32N2O. The number of benzene rings is 5. The Morgan fingerprint density at radius 1 is 0.705 bits per heavy atom. The van der Waals surface area contributed by atoms with Gasteiger partial charge in [0.25, 0.3) is 0 Å². The van der Waals surface area contributed by atoms with E-state index >= 15 is 0 Å². The molecule has 0 radical (unpaired) electrons. The molecule has 212 valence electrons. The average molecular weight is 572 g/mol. The number of rotatable bonds is 4. The van der Waals surface area contributed by atoms with E-state index in [2.05, 4.69) is 63.2 Å². The van der Waals surface area contributed by atoms with Crippen molar-refractivity contribution in [1.82, 2.24) is 4.98 Å². The second-order valence-corrected chi connectivity index (χ2v) is 12.1. The predicted octanol–water partition coefficient (Wildman–Crippen LogP) is 11.1. The van der Waals surface area contributed by atoms with Gasteiger partial charge in [0, 0.05) is 32.2 Å². The van der Waals surface area contributed by atoms with Crippen LogP contribution in [0.3, 0.4) is 0 Å². The molecular weight excluding hydrogens is 536 g/mol. The summed E-state index contributed by atoms with van der Waals surface area (Å²) >= 11 is 0. The Balaban J connectivity index is 1.43. The maximum Gasteiger partial charge on any atom is 0.145 e. The molecule has 44 heavy (non-hydrogen) atoms. The molecule has 7 aromatic rings. The number of aromatic nitrogens is 1.